The van der Waals surface area contributed by atoms with E-state index in [1.807, 2.05) is 6.92 Å². The highest BCUT2D eigenvalue weighted by Gasteiger charge is 2.29. The lowest BCUT2D eigenvalue weighted by Gasteiger charge is -2.28. The number of nitrogens with zero attached hydrogens (tertiary/aromatic N) is 1. The molecule has 1 heterocycles. The summed E-state index contributed by atoms with van der Waals surface area (Å²) in [6, 6.07) is 6.37. The molecular formula is C12H15NO5S. The Morgan fingerprint density at radius 1 is 1.32 bits per heavy atom. The van der Waals surface area contributed by atoms with Gasteiger partial charge in [-0.25, -0.2) is 4.79 Å². The number of hydrogen-bond acceptors (Lipinski definition) is 5. The van der Waals surface area contributed by atoms with E-state index in [0.717, 1.165) is 5.56 Å². The Labute approximate surface area is 112 Å². The second-order valence-electron chi connectivity index (χ2n) is 4.44. The van der Waals surface area contributed by atoms with Crippen LogP contribution in [0.1, 0.15) is 5.56 Å². The van der Waals surface area contributed by atoms with E-state index in [1.165, 1.54) is 24.1 Å². The molecule has 19 heavy (non-hydrogen) atoms. The van der Waals surface area contributed by atoms with Crippen LogP contribution in [0.5, 0.6) is 0 Å². The third-order valence-corrected chi connectivity index (χ3v) is 4.13. The van der Waals surface area contributed by atoms with Crippen molar-refractivity contribution in [2.24, 2.45) is 0 Å². The molecule has 0 N–H and O–H groups in total. The molecule has 1 aromatic rings. The molecule has 6 nitrogen and oxygen atoms in total. The molecule has 2 rings (SSSR count). The fraction of sp³-hybridized carbons (Fsp3) is 0.417. The van der Waals surface area contributed by atoms with Crippen LogP contribution in [0.15, 0.2) is 29.2 Å². The molecule has 1 aliphatic heterocycles. The molecule has 1 aromatic carbocycles. The first-order chi connectivity index (χ1) is 8.88. The summed E-state index contributed by atoms with van der Waals surface area (Å²) >= 11 is 0. The van der Waals surface area contributed by atoms with Gasteiger partial charge in [0.25, 0.3) is 10.1 Å². The van der Waals surface area contributed by atoms with Gasteiger partial charge in [0.05, 0.1) is 11.4 Å². The Balaban J connectivity index is 2.09. The SMILES string of the molecule is Cc1ccc(S(=O)(=O)OC2COC(=O)N(C)C2)cc1. The summed E-state index contributed by atoms with van der Waals surface area (Å²) in [5.74, 6) is 0. The molecule has 1 unspecified atom stereocenters. The van der Waals surface area contributed by atoms with E-state index in [9.17, 15) is 13.2 Å². The van der Waals surface area contributed by atoms with Crippen LogP contribution in [0.2, 0.25) is 0 Å². The number of hydrogen-bond donors (Lipinski definition) is 0. The zero-order valence-corrected chi connectivity index (χ0v) is 11.5. The van der Waals surface area contributed by atoms with E-state index in [1.54, 1.807) is 12.1 Å². The van der Waals surface area contributed by atoms with Crippen molar-refractivity contribution in [3.8, 4) is 0 Å². The van der Waals surface area contributed by atoms with Crippen molar-refractivity contribution in [2.45, 2.75) is 17.9 Å². The molecule has 104 valence electrons. The second kappa shape index (κ2) is 5.18. The summed E-state index contributed by atoms with van der Waals surface area (Å²) in [5.41, 5.74) is 0.963. The molecule has 0 radical (unpaired) electrons. The summed E-state index contributed by atoms with van der Waals surface area (Å²) < 4.78 is 33.9. The maximum absolute atomic E-state index is 12.0. The zero-order valence-electron chi connectivity index (χ0n) is 10.7. The minimum absolute atomic E-state index is 0.0612. The molecule has 0 aliphatic carbocycles. The highest BCUT2D eigenvalue weighted by atomic mass is 32.2. The third kappa shape index (κ3) is 3.24. The lowest BCUT2D eigenvalue weighted by molar-refractivity contribution is 0.0161. The number of likely N-dealkylation sites (N-methyl/N-ethyl adjacent to an activating group) is 1. The van der Waals surface area contributed by atoms with E-state index >= 15 is 0 Å². The van der Waals surface area contributed by atoms with Gasteiger partial charge in [-0.3, -0.25) is 4.18 Å². The predicted molar refractivity (Wildman–Crippen MR) is 67.2 cm³/mol. The highest BCUT2D eigenvalue weighted by molar-refractivity contribution is 7.86. The number of ether oxygens (including phenoxy) is 1. The van der Waals surface area contributed by atoms with Crippen LogP contribution in [0, 0.1) is 6.92 Å². The fourth-order valence-electron chi connectivity index (χ4n) is 1.70. The standard InChI is InChI=1S/C12H15NO5S/c1-9-3-5-11(6-4-9)19(15,16)18-10-7-13(2)12(14)17-8-10/h3-6,10H,7-8H2,1-2H3. The van der Waals surface area contributed by atoms with Crippen LogP contribution in [-0.2, 0) is 19.0 Å². The topological polar surface area (TPSA) is 72.9 Å². The quantitative estimate of drug-likeness (QED) is 0.779. The van der Waals surface area contributed by atoms with Gasteiger partial charge in [-0.15, -0.1) is 0 Å². The molecule has 1 atom stereocenters. The first-order valence-electron chi connectivity index (χ1n) is 5.76. The van der Waals surface area contributed by atoms with Gasteiger partial charge in [0.1, 0.15) is 12.7 Å². The van der Waals surface area contributed by atoms with Crippen LogP contribution in [0.25, 0.3) is 0 Å². The summed E-state index contributed by atoms with van der Waals surface area (Å²) in [6.45, 7) is 1.99. The van der Waals surface area contributed by atoms with Crippen LogP contribution < -0.4 is 0 Å². The van der Waals surface area contributed by atoms with Crippen molar-refractivity contribution in [1.82, 2.24) is 4.90 Å². The number of benzene rings is 1. The predicted octanol–water partition coefficient (Wildman–Crippen LogP) is 1.15. The average Bonchev–Trinajstić information content (AvgIpc) is 2.34. The summed E-state index contributed by atoms with van der Waals surface area (Å²) in [6.07, 6.45) is -1.17. The molecule has 0 spiro atoms. The molecule has 1 fully saturated rings. The molecule has 7 heteroatoms. The number of rotatable bonds is 3. The Bertz CT molecular complexity index is 566. The van der Waals surface area contributed by atoms with E-state index < -0.39 is 22.3 Å². The summed E-state index contributed by atoms with van der Waals surface area (Å²) in [7, 11) is -2.31. The van der Waals surface area contributed by atoms with Crippen LogP contribution in [-0.4, -0.2) is 45.7 Å². The first kappa shape index (κ1) is 13.8. The van der Waals surface area contributed by atoms with Crippen molar-refractivity contribution in [1.29, 1.82) is 0 Å². The maximum atomic E-state index is 12.0. The van der Waals surface area contributed by atoms with Crippen LogP contribution in [0.4, 0.5) is 4.79 Å². The highest BCUT2D eigenvalue weighted by Crippen LogP contribution is 2.17. The number of cyclic esters (lactones) is 1. The van der Waals surface area contributed by atoms with Gasteiger partial charge in [0.2, 0.25) is 0 Å². The smallest absolute Gasteiger partial charge is 0.409 e. The monoisotopic (exact) mass is 285 g/mol. The molecule has 0 saturated carbocycles. The van der Waals surface area contributed by atoms with Crippen LogP contribution in [0.3, 0.4) is 0 Å². The zero-order chi connectivity index (χ0) is 14.0. The normalized spacial score (nSPS) is 20.2. The fourth-order valence-corrected chi connectivity index (χ4v) is 2.76. The van der Waals surface area contributed by atoms with E-state index in [4.69, 9.17) is 8.92 Å². The summed E-state index contributed by atoms with van der Waals surface area (Å²) in [4.78, 5) is 12.5. The number of aryl methyl sites for hydroxylation is 1. The van der Waals surface area contributed by atoms with Crippen LogP contribution >= 0.6 is 0 Å². The third-order valence-electron chi connectivity index (χ3n) is 2.75. The molecule has 1 aliphatic rings. The number of amides is 1. The van der Waals surface area contributed by atoms with Gasteiger partial charge in [-0.1, -0.05) is 17.7 Å². The minimum atomic E-state index is -3.84. The second-order valence-corrected chi connectivity index (χ2v) is 6.01. The molecule has 1 amide bonds. The van der Waals surface area contributed by atoms with E-state index in [-0.39, 0.29) is 18.0 Å². The molecule has 0 bridgehead atoms. The van der Waals surface area contributed by atoms with Gasteiger partial charge in [0.15, 0.2) is 0 Å². The van der Waals surface area contributed by atoms with Crippen molar-refractivity contribution in [3.05, 3.63) is 29.8 Å². The minimum Gasteiger partial charge on any atom is -0.447 e. The summed E-state index contributed by atoms with van der Waals surface area (Å²) in [5, 5.41) is 0. The lowest BCUT2D eigenvalue weighted by atomic mass is 10.2. The Hall–Kier alpha value is -1.60. The van der Waals surface area contributed by atoms with Gasteiger partial charge in [-0.05, 0) is 19.1 Å². The Morgan fingerprint density at radius 2 is 1.95 bits per heavy atom. The maximum Gasteiger partial charge on any atom is 0.409 e. The van der Waals surface area contributed by atoms with Gasteiger partial charge in [-0.2, -0.15) is 8.42 Å². The van der Waals surface area contributed by atoms with E-state index in [2.05, 4.69) is 0 Å². The number of carbonyl (C=O) groups is 1. The van der Waals surface area contributed by atoms with Crippen molar-refractivity contribution in [3.63, 3.8) is 0 Å². The van der Waals surface area contributed by atoms with Gasteiger partial charge >= 0.3 is 6.09 Å². The first-order valence-corrected chi connectivity index (χ1v) is 7.17. The molecule has 1 saturated heterocycles. The average molecular weight is 285 g/mol. The number of carbonyl (C=O) groups excluding carboxylic acids is 1. The van der Waals surface area contributed by atoms with Crippen molar-refractivity contribution in [2.75, 3.05) is 20.2 Å². The van der Waals surface area contributed by atoms with Gasteiger partial charge < -0.3 is 9.64 Å². The van der Waals surface area contributed by atoms with E-state index in [0.29, 0.717) is 0 Å². The van der Waals surface area contributed by atoms with Crippen molar-refractivity contribution < 1.29 is 22.1 Å². The van der Waals surface area contributed by atoms with Gasteiger partial charge in [0, 0.05) is 7.05 Å². The van der Waals surface area contributed by atoms with Crippen molar-refractivity contribution >= 4 is 16.2 Å². The molecule has 0 aromatic heterocycles. The lowest BCUT2D eigenvalue weighted by Crippen LogP contribution is -2.45. The Kier molecular flexibility index (Phi) is 3.77. The largest absolute Gasteiger partial charge is 0.447 e. The Morgan fingerprint density at radius 3 is 2.53 bits per heavy atom. The molecular weight excluding hydrogens is 270 g/mol.